The number of nitrogens with zero attached hydrogens (tertiary/aromatic N) is 4. The molecule has 33 heavy (non-hydrogen) atoms. The lowest BCUT2D eigenvalue weighted by Crippen LogP contribution is -2.42. The van der Waals surface area contributed by atoms with Crippen LogP contribution in [0.15, 0.2) is 42.7 Å². The second kappa shape index (κ2) is 10.1. The number of piperidine rings is 1. The smallest absolute Gasteiger partial charge is 0.409 e. The van der Waals surface area contributed by atoms with Crippen molar-refractivity contribution < 1.29 is 19.1 Å². The molecule has 172 valence electrons. The average molecular weight is 450 g/mol. The van der Waals surface area contributed by atoms with E-state index >= 15 is 0 Å². The summed E-state index contributed by atoms with van der Waals surface area (Å²) in [5.74, 6) is 1.39. The molecule has 0 bridgehead atoms. The van der Waals surface area contributed by atoms with E-state index in [2.05, 4.69) is 25.6 Å². The van der Waals surface area contributed by atoms with Crippen LogP contribution in [0.3, 0.4) is 0 Å². The number of amides is 2. The quantitative estimate of drug-likeness (QED) is 0.588. The van der Waals surface area contributed by atoms with Gasteiger partial charge in [0, 0.05) is 50.0 Å². The molecule has 1 saturated heterocycles. The molecule has 1 aliphatic rings. The van der Waals surface area contributed by atoms with Crippen LogP contribution in [0.4, 0.5) is 10.7 Å². The maximum atomic E-state index is 11.8. The molecule has 0 saturated carbocycles. The first kappa shape index (κ1) is 22.3. The molecule has 0 aliphatic carbocycles. The number of pyridine rings is 1. The third-order valence-corrected chi connectivity index (χ3v) is 5.33. The van der Waals surface area contributed by atoms with Gasteiger partial charge in [0.1, 0.15) is 17.2 Å². The van der Waals surface area contributed by atoms with Crippen molar-refractivity contribution in [3.8, 4) is 11.5 Å². The number of ether oxygens (including phenoxy) is 2. The number of benzene rings is 1. The first-order valence-corrected chi connectivity index (χ1v) is 10.9. The molecule has 2 N–H and O–H groups in total. The lowest BCUT2D eigenvalue weighted by Gasteiger charge is -2.31. The van der Waals surface area contributed by atoms with Crippen molar-refractivity contribution in [3.63, 3.8) is 0 Å². The topological polar surface area (TPSA) is 119 Å². The van der Waals surface area contributed by atoms with Crippen LogP contribution >= 0.6 is 0 Å². The fourth-order valence-electron chi connectivity index (χ4n) is 3.61. The van der Waals surface area contributed by atoms with Crippen molar-refractivity contribution in [2.45, 2.75) is 25.8 Å². The van der Waals surface area contributed by atoms with Crippen molar-refractivity contribution in [1.82, 2.24) is 25.2 Å². The van der Waals surface area contributed by atoms with Gasteiger partial charge in [-0.2, -0.15) is 0 Å². The predicted octanol–water partition coefficient (Wildman–Crippen LogP) is 3.21. The van der Waals surface area contributed by atoms with Crippen LogP contribution in [0.25, 0.3) is 10.9 Å². The molecule has 4 rings (SSSR count). The molecule has 1 aromatic carbocycles. The van der Waals surface area contributed by atoms with Crippen molar-refractivity contribution in [2.24, 2.45) is 0 Å². The number of rotatable bonds is 6. The first-order valence-electron chi connectivity index (χ1n) is 10.9. The molecule has 0 unspecified atom stereocenters. The summed E-state index contributed by atoms with van der Waals surface area (Å²) >= 11 is 0. The minimum absolute atomic E-state index is 0.192. The number of nitrogens with one attached hydrogen (secondary N) is 2. The van der Waals surface area contributed by atoms with Gasteiger partial charge in [-0.05, 0) is 44.0 Å². The molecule has 3 heterocycles. The zero-order chi connectivity index (χ0) is 23.2. The normalized spacial score (nSPS) is 14.1. The zero-order valence-corrected chi connectivity index (χ0v) is 18.6. The molecule has 2 aromatic heterocycles. The molecular weight excluding hydrogens is 424 g/mol. The van der Waals surface area contributed by atoms with E-state index in [4.69, 9.17) is 9.47 Å². The summed E-state index contributed by atoms with van der Waals surface area (Å²) in [6, 6.07) is 8.99. The highest BCUT2D eigenvalue weighted by atomic mass is 16.6. The third kappa shape index (κ3) is 5.46. The molecule has 1 aliphatic heterocycles. The maximum Gasteiger partial charge on any atom is 0.409 e. The van der Waals surface area contributed by atoms with E-state index in [1.54, 1.807) is 37.2 Å². The standard InChI is InChI=1S/C23H26N6O4/c1-3-32-23(31)29-10-7-16(8-11-29)27-22-26-14-15-12-17(4-5-19(15)28-22)33-18-6-9-25-20(13-18)21(30)24-2/h4-6,9,12-14,16H,3,7-8,10-11H2,1-2H3,(H,24,30)(H,26,27,28). The maximum absolute atomic E-state index is 11.8. The number of aromatic nitrogens is 3. The van der Waals surface area contributed by atoms with Crippen molar-refractivity contribution in [1.29, 1.82) is 0 Å². The Morgan fingerprint density at radius 1 is 1.12 bits per heavy atom. The van der Waals surface area contributed by atoms with E-state index in [0.717, 1.165) is 23.7 Å². The van der Waals surface area contributed by atoms with Gasteiger partial charge >= 0.3 is 6.09 Å². The molecule has 1 fully saturated rings. The molecule has 3 aromatic rings. The van der Waals surface area contributed by atoms with Crippen molar-refractivity contribution >= 4 is 28.9 Å². The number of likely N-dealkylation sites (tertiary alicyclic amines) is 1. The first-order chi connectivity index (χ1) is 16.1. The fourth-order valence-corrected chi connectivity index (χ4v) is 3.61. The second-order valence-electron chi connectivity index (χ2n) is 7.58. The summed E-state index contributed by atoms with van der Waals surface area (Å²) in [4.78, 5) is 38.4. The van der Waals surface area contributed by atoms with E-state index in [1.165, 1.54) is 6.20 Å². The highest BCUT2D eigenvalue weighted by Crippen LogP contribution is 2.26. The Labute approximate surface area is 191 Å². The largest absolute Gasteiger partial charge is 0.457 e. The third-order valence-electron chi connectivity index (χ3n) is 5.33. The number of hydrogen-bond donors (Lipinski definition) is 2. The van der Waals surface area contributed by atoms with Crippen molar-refractivity contribution in [2.75, 3.05) is 32.1 Å². The lowest BCUT2D eigenvalue weighted by molar-refractivity contribution is 0.0955. The minimum atomic E-state index is -0.279. The Morgan fingerprint density at radius 3 is 2.67 bits per heavy atom. The Hall–Kier alpha value is -3.95. The molecule has 10 nitrogen and oxygen atoms in total. The van der Waals surface area contributed by atoms with Gasteiger partial charge in [-0.25, -0.2) is 14.8 Å². The van der Waals surface area contributed by atoms with E-state index in [0.29, 0.717) is 37.1 Å². The van der Waals surface area contributed by atoms with E-state index in [1.807, 2.05) is 18.2 Å². The van der Waals surface area contributed by atoms with Crippen LogP contribution < -0.4 is 15.4 Å². The van der Waals surface area contributed by atoms with Crippen LogP contribution in [-0.2, 0) is 4.74 Å². The number of carbonyl (C=O) groups excluding carboxylic acids is 2. The van der Waals surface area contributed by atoms with Gasteiger partial charge in [0.25, 0.3) is 5.91 Å². The van der Waals surface area contributed by atoms with Crippen LogP contribution in [0.2, 0.25) is 0 Å². The van der Waals surface area contributed by atoms with Gasteiger partial charge in [-0.3, -0.25) is 9.78 Å². The van der Waals surface area contributed by atoms with Gasteiger partial charge in [-0.1, -0.05) is 0 Å². The summed E-state index contributed by atoms with van der Waals surface area (Å²) in [5.41, 5.74) is 1.06. The van der Waals surface area contributed by atoms with Crippen LogP contribution in [-0.4, -0.2) is 64.6 Å². The molecule has 0 radical (unpaired) electrons. The monoisotopic (exact) mass is 450 g/mol. The summed E-state index contributed by atoms with van der Waals surface area (Å²) < 4.78 is 10.9. The van der Waals surface area contributed by atoms with Gasteiger partial charge in [0.2, 0.25) is 5.95 Å². The number of hydrogen-bond acceptors (Lipinski definition) is 8. The number of anilines is 1. The minimum Gasteiger partial charge on any atom is -0.457 e. The van der Waals surface area contributed by atoms with Gasteiger partial charge in [0.15, 0.2) is 0 Å². The van der Waals surface area contributed by atoms with E-state index in [9.17, 15) is 9.59 Å². The van der Waals surface area contributed by atoms with Crippen molar-refractivity contribution in [3.05, 3.63) is 48.4 Å². The highest BCUT2D eigenvalue weighted by molar-refractivity contribution is 5.92. The van der Waals surface area contributed by atoms with E-state index in [-0.39, 0.29) is 23.7 Å². The Bertz CT molecular complexity index is 1150. The number of fused-ring (bicyclic) bond motifs is 1. The van der Waals surface area contributed by atoms with Gasteiger partial charge < -0.3 is 25.0 Å². The SMILES string of the molecule is CCOC(=O)N1CCC(Nc2ncc3cc(Oc4ccnc(C(=O)NC)c4)ccc3n2)CC1. The Morgan fingerprint density at radius 2 is 1.91 bits per heavy atom. The average Bonchev–Trinajstić information content (AvgIpc) is 2.84. The number of carbonyl (C=O) groups is 2. The second-order valence-corrected chi connectivity index (χ2v) is 7.58. The van der Waals surface area contributed by atoms with Gasteiger partial charge in [0.05, 0.1) is 12.1 Å². The molecule has 2 amide bonds. The molecule has 0 atom stereocenters. The molecule has 10 heteroatoms. The highest BCUT2D eigenvalue weighted by Gasteiger charge is 2.24. The summed E-state index contributed by atoms with van der Waals surface area (Å²) in [7, 11) is 1.55. The Kier molecular flexibility index (Phi) is 6.82. The summed E-state index contributed by atoms with van der Waals surface area (Å²) in [6.45, 7) is 3.47. The summed E-state index contributed by atoms with van der Waals surface area (Å²) in [5, 5.41) is 6.73. The van der Waals surface area contributed by atoms with Gasteiger partial charge in [-0.15, -0.1) is 0 Å². The van der Waals surface area contributed by atoms with Crippen LogP contribution in [0.5, 0.6) is 11.5 Å². The lowest BCUT2D eigenvalue weighted by atomic mass is 10.1. The summed E-state index contributed by atoms with van der Waals surface area (Å²) in [6.07, 6.45) is 4.62. The molecular formula is C23H26N6O4. The van der Waals surface area contributed by atoms with E-state index < -0.39 is 0 Å². The fraction of sp³-hybridized carbons (Fsp3) is 0.348. The molecule has 0 spiro atoms. The predicted molar refractivity (Wildman–Crippen MR) is 122 cm³/mol. The Balaban J connectivity index is 1.39. The van der Waals surface area contributed by atoms with Crippen LogP contribution in [0.1, 0.15) is 30.3 Å². The van der Waals surface area contributed by atoms with Crippen LogP contribution in [0, 0.1) is 0 Å². The zero-order valence-electron chi connectivity index (χ0n) is 18.6.